The third-order valence-electron chi connectivity index (χ3n) is 6.69. The molecule has 41 heavy (non-hydrogen) atoms. The lowest BCUT2D eigenvalue weighted by atomic mass is 10.1. The van der Waals surface area contributed by atoms with Gasteiger partial charge in [0.1, 0.15) is 0 Å². The highest BCUT2D eigenvalue weighted by Crippen LogP contribution is 2.24. The zero-order valence-electron chi connectivity index (χ0n) is 23.1. The number of rotatable bonds is 18. The third-order valence-corrected chi connectivity index (χ3v) is 6.69. The Hall–Kier alpha value is -3.49. The van der Waals surface area contributed by atoms with Gasteiger partial charge in [0.05, 0.1) is 76.9 Å². The Labute approximate surface area is 238 Å². The van der Waals surface area contributed by atoms with E-state index in [1.54, 1.807) is 36.7 Å². The highest BCUT2D eigenvalue weighted by molar-refractivity contribution is 6.21. The van der Waals surface area contributed by atoms with E-state index in [0.717, 1.165) is 32.7 Å². The van der Waals surface area contributed by atoms with Crippen molar-refractivity contribution in [1.82, 2.24) is 19.8 Å². The van der Waals surface area contributed by atoms with E-state index in [9.17, 15) is 14.4 Å². The van der Waals surface area contributed by atoms with Gasteiger partial charge in [-0.2, -0.15) is 0 Å². The second kappa shape index (κ2) is 16.1. The second-order valence-electron chi connectivity index (χ2n) is 9.56. The molecule has 1 saturated heterocycles. The molecule has 222 valence electrons. The molecule has 0 bridgehead atoms. The number of benzene rings is 1. The molecule has 0 aliphatic carbocycles. The fourth-order valence-corrected chi connectivity index (χ4v) is 4.44. The van der Waals surface area contributed by atoms with Gasteiger partial charge in [0.2, 0.25) is 5.95 Å². The highest BCUT2D eigenvalue weighted by Gasteiger charge is 2.35. The molecular weight excluding hydrogens is 534 g/mol. The van der Waals surface area contributed by atoms with Gasteiger partial charge in [0.15, 0.2) is 0 Å². The lowest BCUT2D eigenvalue weighted by molar-refractivity contribution is -0.138. The first kappa shape index (κ1) is 30.5. The molecule has 13 heteroatoms. The first-order chi connectivity index (χ1) is 20.0. The topological polar surface area (TPSA) is 144 Å². The summed E-state index contributed by atoms with van der Waals surface area (Å²) in [4.78, 5) is 50.2. The number of imide groups is 1. The van der Waals surface area contributed by atoms with Crippen LogP contribution in [0.2, 0.25) is 0 Å². The Morgan fingerprint density at radius 1 is 0.756 bits per heavy atom. The molecule has 0 atom stereocenters. The van der Waals surface area contributed by atoms with Crippen molar-refractivity contribution >= 4 is 23.7 Å². The summed E-state index contributed by atoms with van der Waals surface area (Å²) in [6.07, 6.45) is 3.36. The number of carbonyl (C=O) groups is 3. The summed E-state index contributed by atoms with van der Waals surface area (Å²) in [5, 5.41) is 8.51. The summed E-state index contributed by atoms with van der Waals surface area (Å²) in [5.74, 6) is -0.816. The fraction of sp³-hybridized carbons (Fsp3) is 0.536. The Kier molecular flexibility index (Phi) is 11.9. The zero-order valence-corrected chi connectivity index (χ0v) is 23.1. The van der Waals surface area contributed by atoms with Crippen molar-refractivity contribution in [2.24, 2.45) is 0 Å². The van der Waals surface area contributed by atoms with Crippen LogP contribution in [0.3, 0.4) is 0 Å². The van der Waals surface area contributed by atoms with E-state index in [-0.39, 0.29) is 31.4 Å². The normalized spacial score (nSPS) is 15.5. The van der Waals surface area contributed by atoms with Crippen molar-refractivity contribution in [3.63, 3.8) is 0 Å². The van der Waals surface area contributed by atoms with E-state index in [2.05, 4.69) is 19.8 Å². The van der Waals surface area contributed by atoms with Crippen molar-refractivity contribution in [2.45, 2.75) is 13.0 Å². The highest BCUT2D eigenvalue weighted by atomic mass is 16.6. The Morgan fingerprint density at radius 3 is 1.80 bits per heavy atom. The summed E-state index contributed by atoms with van der Waals surface area (Å²) >= 11 is 0. The predicted octanol–water partition coefficient (Wildman–Crippen LogP) is 0.936. The number of nitrogens with zero attached hydrogens (tertiary/aromatic N) is 5. The van der Waals surface area contributed by atoms with Crippen LogP contribution >= 0.6 is 0 Å². The number of carboxylic acid groups (broad SMARTS) is 1. The summed E-state index contributed by atoms with van der Waals surface area (Å²) in [7, 11) is 0. The van der Waals surface area contributed by atoms with Crippen LogP contribution in [-0.2, 0) is 30.3 Å². The smallest absolute Gasteiger partial charge is 0.305 e. The van der Waals surface area contributed by atoms with Gasteiger partial charge in [-0.1, -0.05) is 12.1 Å². The van der Waals surface area contributed by atoms with E-state index in [4.69, 9.17) is 24.1 Å². The number of anilines is 1. The Bertz CT molecular complexity index is 1110. The number of ether oxygens (including phenoxy) is 4. The molecule has 2 aromatic rings. The second-order valence-corrected chi connectivity index (χ2v) is 9.56. The summed E-state index contributed by atoms with van der Waals surface area (Å²) < 4.78 is 21.6. The van der Waals surface area contributed by atoms with Gasteiger partial charge in [0.25, 0.3) is 11.8 Å². The third kappa shape index (κ3) is 9.26. The van der Waals surface area contributed by atoms with Crippen molar-refractivity contribution in [3.05, 3.63) is 53.3 Å². The van der Waals surface area contributed by atoms with Gasteiger partial charge >= 0.3 is 5.97 Å². The first-order valence-corrected chi connectivity index (χ1v) is 13.8. The SMILES string of the molecule is O=C(O)CCOCCOCCOCCOCCN1CCN(c2ncc(CN3C(=O)c4ccccc4C3=O)cn2)CC1. The molecule has 2 aliphatic rings. The fourth-order valence-electron chi connectivity index (χ4n) is 4.44. The number of hydrogen-bond donors (Lipinski definition) is 1. The number of amides is 2. The minimum atomic E-state index is -0.875. The molecule has 0 saturated carbocycles. The van der Waals surface area contributed by atoms with Gasteiger partial charge in [-0.25, -0.2) is 9.97 Å². The largest absolute Gasteiger partial charge is 0.481 e. The van der Waals surface area contributed by atoms with E-state index in [1.807, 2.05) is 0 Å². The average Bonchev–Trinajstić information content (AvgIpc) is 3.23. The number of fused-ring (bicyclic) bond motifs is 1. The molecule has 2 aliphatic heterocycles. The minimum absolute atomic E-state index is 0.00429. The van der Waals surface area contributed by atoms with Gasteiger partial charge in [-0.05, 0) is 12.1 Å². The van der Waals surface area contributed by atoms with Crippen LogP contribution in [0.1, 0.15) is 32.7 Å². The number of carbonyl (C=O) groups excluding carboxylic acids is 2. The number of aromatic nitrogens is 2. The molecule has 13 nitrogen and oxygen atoms in total. The number of hydrogen-bond acceptors (Lipinski definition) is 11. The van der Waals surface area contributed by atoms with Crippen LogP contribution in [0.15, 0.2) is 36.7 Å². The molecule has 0 spiro atoms. The van der Waals surface area contributed by atoms with Gasteiger partial charge in [-0.3, -0.25) is 24.2 Å². The van der Waals surface area contributed by atoms with Crippen molar-refractivity contribution in [2.75, 3.05) is 90.5 Å². The molecule has 1 N–H and O–H groups in total. The maximum absolute atomic E-state index is 12.6. The first-order valence-electron chi connectivity index (χ1n) is 13.8. The van der Waals surface area contributed by atoms with Crippen LogP contribution in [0.5, 0.6) is 0 Å². The molecule has 0 unspecified atom stereocenters. The molecule has 4 rings (SSSR count). The molecule has 3 heterocycles. The number of piperazine rings is 1. The van der Waals surface area contributed by atoms with Crippen LogP contribution in [-0.4, -0.2) is 128 Å². The molecule has 1 fully saturated rings. The van der Waals surface area contributed by atoms with Crippen LogP contribution in [0, 0.1) is 0 Å². The Balaban J connectivity index is 1.02. The zero-order chi connectivity index (χ0) is 28.9. The lowest BCUT2D eigenvalue weighted by Crippen LogP contribution is -2.48. The standard InChI is InChI=1S/C28H37N5O8/c34-25(35)5-11-38-13-15-40-17-18-41-16-14-39-12-10-31-6-8-32(9-7-31)28-29-19-22(20-30-28)21-33-26(36)23-3-1-2-4-24(23)27(33)37/h1-4,19-20H,5-18,21H2,(H,34,35). The van der Waals surface area contributed by atoms with Crippen LogP contribution in [0.4, 0.5) is 5.95 Å². The maximum atomic E-state index is 12.6. The van der Waals surface area contributed by atoms with Crippen molar-refractivity contribution in [3.8, 4) is 0 Å². The summed E-state index contributed by atoms with van der Waals surface area (Å²) in [6, 6.07) is 6.85. The predicted molar refractivity (Wildman–Crippen MR) is 147 cm³/mol. The quantitative estimate of drug-likeness (QED) is 0.201. The van der Waals surface area contributed by atoms with Crippen molar-refractivity contribution < 1.29 is 38.4 Å². The van der Waals surface area contributed by atoms with E-state index < -0.39 is 5.97 Å². The van der Waals surface area contributed by atoms with Crippen LogP contribution in [0.25, 0.3) is 0 Å². The monoisotopic (exact) mass is 571 g/mol. The van der Waals surface area contributed by atoms with E-state index in [0.29, 0.717) is 68.9 Å². The maximum Gasteiger partial charge on any atom is 0.305 e. The van der Waals surface area contributed by atoms with Crippen LogP contribution < -0.4 is 4.90 Å². The molecule has 0 radical (unpaired) electrons. The summed E-state index contributed by atoms with van der Waals surface area (Å²) in [6.45, 7) is 7.82. The molecular formula is C28H37N5O8. The van der Waals surface area contributed by atoms with Gasteiger partial charge < -0.3 is 29.0 Å². The van der Waals surface area contributed by atoms with E-state index >= 15 is 0 Å². The number of carboxylic acids is 1. The van der Waals surface area contributed by atoms with Gasteiger partial charge in [-0.15, -0.1) is 0 Å². The average molecular weight is 572 g/mol. The molecule has 1 aromatic heterocycles. The minimum Gasteiger partial charge on any atom is -0.481 e. The van der Waals surface area contributed by atoms with E-state index in [1.165, 1.54) is 4.90 Å². The molecule has 2 amide bonds. The van der Waals surface area contributed by atoms with Crippen molar-refractivity contribution in [1.29, 1.82) is 0 Å². The Morgan fingerprint density at radius 2 is 1.27 bits per heavy atom. The van der Waals surface area contributed by atoms with Gasteiger partial charge in [0, 0.05) is 50.7 Å². The summed E-state index contributed by atoms with van der Waals surface area (Å²) in [5.41, 5.74) is 1.57. The molecule has 1 aromatic carbocycles. The lowest BCUT2D eigenvalue weighted by Gasteiger charge is -2.34. The number of aliphatic carboxylic acids is 1.